The number of carbonyl (C=O) groups is 1. The Kier molecular flexibility index (Phi) is 4.51. The Balaban J connectivity index is 2.80. The van der Waals surface area contributed by atoms with E-state index in [1.165, 1.54) is 0 Å². The Labute approximate surface area is 102 Å². The fraction of sp³-hybridized carbons (Fsp3) is 0.333. The molecule has 0 aliphatic heterocycles. The van der Waals surface area contributed by atoms with Crippen LogP contribution in [0.5, 0.6) is 0 Å². The number of hydrogen-bond acceptors (Lipinski definition) is 1. The molecule has 1 rings (SSSR count). The molecule has 0 heterocycles. The van der Waals surface area contributed by atoms with Crippen molar-refractivity contribution in [3.8, 4) is 0 Å². The molecule has 0 radical (unpaired) electrons. The van der Waals surface area contributed by atoms with Gasteiger partial charge in [-0.25, -0.2) is 4.79 Å². The van der Waals surface area contributed by atoms with Crippen molar-refractivity contribution in [3.05, 3.63) is 35.9 Å². The van der Waals surface area contributed by atoms with E-state index < -0.39 is 6.03 Å². The predicted octanol–water partition coefficient (Wildman–Crippen LogP) is 1.11. The minimum atomic E-state index is -0.686. The van der Waals surface area contributed by atoms with Gasteiger partial charge in [-0.15, -0.1) is 0 Å². The van der Waals surface area contributed by atoms with Gasteiger partial charge in [0.1, 0.15) is 0 Å². The standard InChI is InChI=1S/C12H18N4O/c1-15(2)12(14-11(13)17)16(3)9-10-7-5-4-6-8-10/h4-8H,9H2,1-3H3,(H2,13,17). The summed E-state index contributed by atoms with van der Waals surface area (Å²) >= 11 is 0. The van der Waals surface area contributed by atoms with Gasteiger partial charge in [0.05, 0.1) is 0 Å². The molecule has 1 aromatic rings. The Morgan fingerprint density at radius 3 is 2.29 bits per heavy atom. The van der Waals surface area contributed by atoms with Gasteiger partial charge >= 0.3 is 6.03 Å². The second-order valence-electron chi connectivity index (χ2n) is 3.99. The average molecular weight is 234 g/mol. The minimum absolute atomic E-state index is 0.543. The van der Waals surface area contributed by atoms with Crippen LogP contribution >= 0.6 is 0 Å². The van der Waals surface area contributed by atoms with Crippen molar-refractivity contribution in [1.29, 1.82) is 0 Å². The first-order valence-electron chi connectivity index (χ1n) is 5.31. The molecule has 0 spiro atoms. The number of aliphatic imine (C=N–C) groups is 1. The van der Waals surface area contributed by atoms with Gasteiger partial charge in [-0.3, -0.25) is 0 Å². The number of rotatable bonds is 2. The lowest BCUT2D eigenvalue weighted by Gasteiger charge is -2.26. The molecule has 0 aliphatic carbocycles. The molecular weight excluding hydrogens is 216 g/mol. The molecule has 0 unspecified atom stereocenters. The zero-order valence-electron chi connectivity index (χ0n) is 10.4. The molecule has 5 nitrogen and oxygen atoms in total. The molecule has 5 heteroatoms. The average Bonchev–Trinajstić information content (AvgIpc) is 2.26. The summed E-state index contributed by atoms with van der Waals surface area (Å²) in [4.78, 5) is 18.3. The lowest BCUT2D eigenvalue weighted by atomic mass is 10.2. The SMILES string of the molecule is CN(C)C(=NC(N)=O)N(C)Cc1ccccc1. The van der Waals surface area contributed by atoms with E-state index in [2.05, 4.69) is 4.99 Å². The van der Waals surface area contributed by atoms with E-state index >= 15 is 0 Å². The molecule has 1 aromatic carbocycles. The Morgan fingerprint density at radius 2 is 1.82 bits per heavy atom. The number of nitrogens with two attached hydrogens (primary N) is 1. The van der Waals surface area contributed by atoms with Crippen LogP contribution in [0.15, 0.2) is 35.3 Å². The number of hydrogen-bond donors (Lipinski definition) is 1. The van der Waals surface area contributed by atoms with E-state index in [1.807, 2.05) is 56.4 Å². The molecule has 2 N–H and O–H groups in total. The number of primary amides is 1. The third kappa shape index (κ3) is 4.14. The van der Waals surface area contributed by atoms with Crippen molar-refractivity contribution in [3.63, 3.8) is 0 Å². The van der Waals surface area contributed by atoms with Crippen LogP contribution in [0, 0.1) is 0 Å². The smallest absolute Gasteiger partial charge is 0.341 e. The monoisotopic (exact) mass is 234 g/mol. The van der Waals surface area contributed by atoms with Crippen LogP contribution in [0.1, 0.15) is 5.56 Å². The maximum atomic E-state index is 10.9. The zero-order chi connectivity index (χ0) is 12.8. The van der Waals surface area contributed by atoms with Crippen molar-refractivity contribution in [2.45, 2.75) is 6.54 Å². The first-order valence-corrected chi connectivity index (χ1v) is 5.31. The van der Waals surface area contributed by atoms with Gasteiger partial charge in [0, 0.05) is 27.7 Å². The van der Waals surface area contributed by atoms with Gasteiger partial charge in [0.15, 0.2) is 0 Å². The number of nitrogens with zero attached hydrogens (tertiary/aromatic N) is 3. The number of urea groups is 1. The molecule has 0 aromatic heterocycles. The molecular formula is C12H18N4O. The third-order valence-corrected chi connectivity index (χ3v) is 2.21. The summed E-state index contributed by atoms with van der Waals surface area (Å²) in [6.45, 7) is 0.672. The first kappa shape index (κ1) is 13.0. The van der Waals surface area contributed by atoms with Crippen molar-refractivity contribution >= 4 is 12.0 Å². The molecule has 0 saturated heterocycles. The minimum Gasteiger partial charge on any atom is -0.350 e. The molecule has 0 aliphatic rings. The summed E-state index contributed by atoms with van der Waals surface area (Å²) in [6.07, 6.45) is 0. The lowest BCUT2D eigenvalue weighted by Crippen LogP contribution is -2.38. The Morgan fingerprint density at radius 1 is 1.24 bits per heavy atom. The van der Waals surface area contributed by atoms with Crippen LogP contribution in [-0.2, 0) is 6.54 Å². The van der Waals surface area contributed by atoms with Crippen LogP contribution in [0.4, 0.5) is 4.79 Å². The highest BCUT2D eigenvalue weighted by Gasteiger charge is 2.10. The second kappa shape index (κ2) is 5.89. The van der Waals surface area contributed by atoms with E-state index in [9.17, 15) is 4.79 Å². The molecule has 0 atom stereocenters. The number of benzene rings is 1. The molecule has 0 bridgehead atoms. The lowest BCUT2D eigenvalue weighted by molar-refractivity contribution is 0.255. The van der Waals surface area contributed by atoms with E-state index in [-0.39, 0.29) is 0 Å². The third-order valence-electron chi connectivity index (χ3n) is 2.21. The summed E-state index contributed by atoms with van der Waals surface area (Å²) in [5.41, 5.74) is 6.23. The summed E-state index contributed by atoms with van der Waals surface area (Å²) < 4.78 is 0. The molecule has 92 valence electrons. The number of amides is 2. The molecule has 17 heavy (non-hydrogen) atoms. The van der Waals surface area contributed by atoms with Gasteiger partial charge in [-0.1, -0.05) is 30.3 Å². The predicted molar refractivity (Wildman–Crippen MR) is 68.6 cm³/mol. The summed E-state index contributed by atoms with van der Waals surface area (Å²) in [5.74, 6) is 0.543. The highest BCUT2D eigenvalue weighted by atomic mass is 16.2. The molecule has 2 amide bonds. The topological polar surface area (TPSA) is 61.9 Å². The first-order chi connectivity index (χ1) is 8.00. The van der Waals surface area contributed by atoms with Gasteiger partial charge in [-0.05, 0) is 5.56 Å². The van der Waals surface area contributed by atoms with Crippen LogP contribution < -0.4 is 5.73 Å². The Hall–Kier alpha value is -2.04. The maximum absolute atomic E-state index is 10.9. The Bertz CT molecular complexity index is 400. The van der Waals surface area contributed by atoms with E-state index in [0.29, 0.717) is 12.5 Å². The van der Waals surface area contributed by atoms with Crippen molar-refractivity contribution < 1.29 is 4.79 Å². The normalized spacial score (nSPS) is 11.1. The van der Waals surface area contributed by atoms with Gasteiger partial charge in [-0.2, -0.15) is 4.99 Å². The highest BCUT2D eigenvalue weighted by Crippen LogP contribution is 2.04. The van der Waals surface area contributed by atoms with Crippen molar-refractivity contribution in [2.75, 3.05) is 21.1 Å². The zero-order valence-corrected chi connectivity index (χ0v) is 10.4. The number of carbonyl (C=O) groups excluding carboxylic acids is 1. The number of guanidine groups is 1. The molecule has 0 fully saturated rings. The van der Waals surface area contributed by atoms with E-state index in [0.717, 1.165) is 5.56 Å². The maximum Gasteiger partial charge on any atom is 0.341 e. The summed E-state index contributed by atoms with van der Waals surface area (Å²) in [5, 5.41) is 0. The van der Waals surface area contributed by atoms with Gasteiger partial charge in [0.25, 0.3) is 0 Å². The van der Waals surface area contributed by atoms with E-state index in [1.54, 1.807) is 4.90 Å². The second-order valence-corrected chi connectivity index (χ2v) is 3.99. The van der Waals surface area contributed by atoms with Crippen LogP contribution in [0.2, 0.25) is 0 Å². The van der Waals surface area contributed by atoms with Gasteiger partial charge < -0.3 is 15.5 Å². The van der Waals surface area contributed by atoms with Crippen molar-refractivity contribution in [2.24, 2.45) is 10.7 Å². The fourth-order valence-electron chi connectivity index (χ4n) is 1.55. The summed E-state index contributed by atoms with van der Waals surface area (Å²) in [6, 6.07) is 9.28. The largest absolute Gasteiger partial charge is 0.350 e. The highest BCUT2D eigenvalue weighted by molar-refractivity contribution is 5.91. The summed E-state index contributed by atoms with van der Waals surface area (Å²) in [7, 11) is 5.52. The molecule has 0 saturated carbocycles. The van der Waals surface area contributed by atoms with Crippen LogP contribution in [-0.4, -0.2) is 42.9 Å². The van der Waals surface area contributed by atoms with E-state index in [4.69, 9.17) is 5.73 Å². The fourth-order valence-corrected chi connectivity index (χ4v) is 1.55. The van der Waals surface area contributed by atoms with Crippen molar-refractivity contribution in [1.82, 2.24) is 9.80 Å². The quantitative estimate of drug-likeness (QED) is 0.616. The van der Waals surface area contributed by atoms with Crippen LogP contribution in [0.25, 0.3) is 0 Å². The van der Waals surface area contributed by atoms with Gasteiger partial charge in [0.2, 0.25) is 5.96 Å². The van der Waals surface area contributed by atoms with Crippen LogP contribution in [0.3, 0.4) is 0 Å².